The Balaban J connectivity index is 1.34. The predicted octanol–water partition coefficient (Wildman–Crippen LogP) is 4.12. The first-order valence-electron chi connectivity index (χ1n) is 12.0. The minimum atomic E-state index is -1.10. The lowest BCUT2D eigenvalue weighted by atomic mass is 10.1. The second-order valence-corrected chi connectivity index (χ2v) is 10.3. The van der Waals surface area contributed by atoms with Crippen LogP contribution in [0.1, 0.15) is 11.1 Å². The number of aromatic nitrogens is 3. The van der Waals surface area contributed by atoms with E-state index in [0.717, 1.165) is 54.3 Å². The van der Waals surface area contributed by atoms with Gasteiger partial charge >= 0.3 is 0 Å². The summed E-state index contributed by atoms with van der Waals surface area (Å²) in [6.45, 7) is 4.26. The number of piperazine rings is 1. The van der Waals surface area contributed by atoms with Crippen molar-refractivity contribution in [2.24, 2.45) is 0 Å². The molecule has 0 radical (unpaired) electrons. The van der Waals surface area contributed by atoms with Gasteiger partial charge in [-0.25, -0.2) is 8.72 Å². The monoisotopic (exact) mass is 501 g/mol. The van der Waals surface area contributed by atoms with E-state index in [0.29, 0.717) is 5.95 Å². The average molecular weight is 502 g/mol. The Morgan fingerprint density at radius 1 is 0.944 bits per heavy atom. The molecule has 1 unspecified atom stereocenters. The van der Waals surface area contributed by atoms with Crippen LogP contribution in [0, 0.1) is 0 Å². The molecule has 0 bridgehead atoms. The highest BCUT2D eigenvalue weighted by molar-refractivity contribution is 7.85. The molecule has 9 heteroatoms. The predicted molar refractivity (Wildman–Crippen MR) is 150 cm³/mol. The van der Waals surface area contributed by atoms with Crippen molar-refractivity contribution in [3.05, 3.63) is 78.0 Å². The van der Waals surface area contributed by atoms with E-state index in [1.54, 1.807) is 15.1 Å². The van der Waals surface area contributed by atoms with Crippen LogP contribution in [0.4, 0.5) is 23.0 Å². The second-order valence-electron chi connectivity index (χ2n) is 8.94. The van der Waals surface area contributed by atoms with E-state index in [1.165, 1.54) is 5.69 Å². The highest BCUT2D eigenvalue weighted by Gasteiger charge is 2.14. The Hall–Kier alpha value is -3.69. The number of pyridine rings is 1. The van der Waals surface area contributed by atoms with Gasteiger partial charge in [-0.05, 0) is 55.1 Å². The van der Waals surface area contributed by atoms with E-state index < -0.39 is 11.0 Å². The minimum Gasteiger partial charge on any atom is -0.369 e. The zero-order chi connectivity index (χ0) is 25.1. The molecule has 0 saturated carbocycles. The topological polar surface area (TPSA) is 69.0 Å². The molecule has 1 aliphatic rings. The van der Waals surface area contributed by atoms with Crippen molar-refractivity contribution in [3.63, 3.8) is 0 Å². The fourth-order valence-electron chi connectivity index (χ4n) is 4.29. The Morgan fingerprint density at radius 3 is 2.39 bits per heavy atom. The molecular formula is C27H31N7OS. The molecule has 5 rings (SSSR count). The van der Waals surface area contributed by atoms with Crippen LogP contribution in [-0.4, -0.2) is 70.2 Å². The molecule has 36 heavy (non-hydrogen) atoms. The van der Waals surface area contributed by atoms with Crippen LogP contribution in [0.25, 0.3) is 17.8 Å². The van der Waals surface area contributed by atoms with E-state index in [2.05, 4.69) is 51.5 Å². The maximum Gasteiger partial charge on any atom is 0.247 e. The Labute approximate surface area is 214 Å². The van der Waals surface area contributed by atoms with Crippen LogP contribution in [0.5, 0.6) is 0 Å². The highest BCUT2D eigenvalue weighted by atomic mass is 32.2. The number of anilines is 4. The molecule has 186 valence electrons. The standard InChI is InChI=1S/C27H31N7OS/c1-31-17-19-33(20-18-31)24-14-12-23(13-15-24)28-27-29-26-22(8-6-16-34(26)30-27)11-10-21-7-4-5-9-25(21)32(2)36(3)35/h4-16H,17-20H2,1-3H3,(H,28,30)/b11-10+. The maximum absolute atomic E-state index is 12.0. The Kier molecular flexibility index (Phi) is 7.02. The molecule has 0 amide bonds. The zero-order valence-electron chi connectivity index (χ0n) is 20.8. The first kappa shape index (κ1) is 24.0. The first-order valence-corrected chi connectivity index (χ1v) is 13.5. The first-order chi connectivity index (χ1) is 17.5. The van der Waals surface area contributed by atoms with Crippen LogP contribution in [0.15, 0.2) is 66.9 Å². The molecule has 1 atom stereocenters. The average Bonchev–Trinajstić information content (AvgIpc) is 3.31. The number of benzene rings is 2. The van der Waals surface area contributed by atoms with Gasteiger partial charge in [-0.3, -0.25) is 4.31 Å². The number of rotatable bonds is 7. The smallest absolute Gasteiger partial charge is 0.247 e. The van der Waals surface area contributed by atoms with Crippen molar-refractivity contribution in [2.45, 2.75) is 0 Å². The van der Waals surface area contributed by atoms with Crippen molar-refractivity contribution in [3.8, 4) is 0 Å². The maximum atomic E-state index is 12.0. The van der Waals surface area contributed by atoms with Crippen molar-refractivity contribution in [2.75, 3.05) is 61.1 Å². The fourth-order valence-corrected chi connectivity index (χ4v) is 4.74. The van der Waals surface area contributed by atoms with Gasteiger partial charge in [0.25, 0.3) is 0 Å². The third kappa shape index (κ3) is 5.27. The van der Waals surface area contributed by atoms with Gasteiger partial charge in [0, 0.05) is 62.6 Å². The lowest BCUT2D eigenvalue weighted by Gasteiger charge is -2.34. The normalized spacial score (nSPS) is 15.5. The third-order valence-electron chi connectivity index (χ3n) is 6.49. The van der Waals surface area contributed by atoms with Gasteiger partial charge in [0.15, 0.2) is 5.65 Å². The van der Waals surface area contributed by atoms with Gasteiger partial charge in [0.05, 0.1) is 5.69 Å². The van der Waals surface area contributed by atoms with Crippen molar-refractivity contribution < 1.29 is 4.21 Å². The van der Waals surface area contributed by atoms with E-state index in [1.807, 2.05) is 61.8 Å². The molecule has 1 fully saturated rings. The summed E-state index contributed by atoms with van der Waals surface area (Å²) in [7, 11) is 2.90. The Bertz CT molecular complexity index is 1390. The van der Waals surface area contributed by atoms with Gasteiger partial charge in [-0.15, -0.1) is 5.10 Å². The third-order valence-corrected chi connectivity index (χ3v) is 7.46. The van der Waals surface area contributed by atoms with Crippen molar-refractivity contribution in [1.82, 2.24) is 19.5 Å². The summed E-state index contributed by atoms with van der Waals surface area (Å²) >= 11 is 0. The fraction of sp³-hybridized carbons (Fsp3) is 0.259. The summed E-state index contributed by atoms with van der Waals surface area (Å²) in [6.07, 6.45) is 7.60. The zero-order valence-corrected chi connectivity index (χ0v) is 21.7. The summed E-state index contributed by atoms with van der Waals surface area (Å²) in [4.78, 5) is 9.51. The van der Waals surface area contributed by atoms with Crippen molar-refractivity contribution in [1.29, 1.82) is 0 Å². The highest BCUT2D eigenvalue weighted by Crippen LogP contribution is 2.24. The summed E-state index contributed by atoms with van der Waals surface area (Å²) in [6, 6.07) is 20.3. The number of nitrogens with one attached hydrogen (secondary N) is 1. The molecule has 1 aliphatic heterocycles. The molecule has 4 aromatic rings. The number of nitrogens with zero attached hydrogens (tertiary/aromatic N) is 6. The molecule has 3 heterocycles. The molecule has 1 saturated heterocycles. The van der Waals surface area contributed by atoms with Crippen LogP contribution in [0.3, 0.4) is 0 Å². The summed E-state index contributed by atoms with van der Waals surface area (Å²) < 4.78 is 15.5. The largest absolute Gasteiger partial charge is 0.369 e. The lowest BCUT2D eigenvalue weighted by molar-refractivity contribution is 0.313. The van der Waals surface area contributed by atoms with E-state index in [-0.39, 0.29) is 0 Å². The molecule has 2 aromatic heterocycles. The number of fused-ring (bicyclic) bond motifs is 1. The van der Waals surface area contributed by atoms with Crippen LogP contribution in [0.2, 0.25) is 0 Å². The molecule has 0 spiro atoms. The Morgan fingerprint density at radius 2 is 1.64 bits per heavy atom. The van der Waals surface area contributed by atoms with Gasteiger partial charge in [-0.1, -0.05) is 30.4 Å². The van der Waals surface area contributed by atoms with Gasteiger partial charge in [-0.2, -0.15) is 4.98 Å². The summed E-state index contributed by atoms with van der Waals surface area (Å²) in [5, 5.41) is 7.94. The molecule has 0 aliphatic carbocycles. The van der Waals surface area contributed by atoms with Crippen LogP contribution in [-0.2, 0) is 11.0 Å². The van der Waals surface area contributed by atoms with E-state index in [9.17, 15) is 4.21 Å². The van der Waals surface area contributed by atoms with Gasteiger partial charge in [0.1, 0.15) is 11.0 Å². The second kappa shape index (κ2) is 10.5. The van der Waals surface area contributed by atoms with E-state index >= 15 is 0 Å². The van der Waals surface area contributed by atoms with Gasteiger partial charge in [0.2, 0.25) is 5.95 Å². The van der Waals surface area contributed by atoms with Crippen molar-refractivity contribution >= 4 is 51.8 Å². The summed E-state index contributed by atoms with van der Waals surface area (Å²) in [5.74, 6) is 0.546. The molecule has 2 aromatic carbocycles. The van der Waals surface area contributed by atoms with E-state index in [4.69, 9.17) is 4.98 Å². The van der Waals surface area contributed by atoms with Gasteiger partial charge < -0.3 is 15.1 Å². The number of para-hydroxylation sites is 1. The quantitative estimate of drug-likeness (QED) is 0.411. The minimum absolute atomic E-state index is 0.546. The molecular weight excluding hydrogens is 470 g/mol. The van der Waals surface area contributed by atoms with Crippen LogP contribution < -0.4 is 14.5 Å². The summed E-state index contributed by atoms with van der Waals surface area (Å²) in [5.41, 5.74) is 5.78. The molecule has 1 N–H and O–H groups in total. The number of likely N-dealkylation sites (N-methyl/N-ethyl adjacent to an activating group) is 1. The van der Waals surface area contributed by atoms with Crippen LogP contribution >= 0.6 is 0 Å². The SMILES string of the molecule is CN1CCN(c2ccc(Nc3nc4c(/C=C/c5ccccc5N(C)S(C)=O)cccn4n3)cc2)CC1. The number of hydrogen-bond donors (Lipinski definition) is 1. The molecule has 8 nitrogen and oxygen atoms in total. The number of hydrogen-bond acceptors (Lipinski definition) is 6. The lowest BCUT2D eigenvalue weighted by Crippen LogP contribution is -2.44.